The Morgan fingerprint density at radius 2 is 1.84 bits per heavy atom. The first-order valence-electron chi connectivity index (χ1n) is 8.75. The topological polar surface area (TPSA) is 46.3 Å². The lowest BCUT2D eigenvalue weighted by molar-refractivity contribution is -0.135. The first-order chi connectivity index (χ1) is 11.9. The second-order valence-corrected chi connectivity index (χ2v) is 7.79. The molecule has 0 radical (unpaired) electrons. The average molecular weight is 357 g/mol. The second kappa shape index (κ2) is 7.19. The summed E-state index contributed by atoms with van der Waals surface area (Å²) in [7, 11) is 0. The zero-order valence-corrected chi connectivity index (χ0v) is 15.5. The molecule has 2 atom stereocenters. The number of nitrogens with two attached hydrogens (primary N) is 1. The molecule has 4 heteroatoms. The summed E-state index contributed by atoms with van der Waals surface area (Å²) in [4.78, 5) is 15.3. The molecule has 1 amide bonds. The molecule has 1 heterocycles. The van der Waals surface area contributed by atoms with Crippen LogP contribution in [0, 0.1) is 0 Å². The minimum atomic E-state index is -0.400. The van der Waals surface area contributed by atoms with Crippen LogP contribution in [0.5, 0.6) is 0 Å². The van der Waals surface area contributed by atoms with Crippen molar-refractivity contribution in [2.45, 2.75) is 37.6 Å². The van der Waals surface area contributed by atoms with E-state index < -0.39 is 5.92 Å². The van der Waals surface area contributed by atoms with Crippen LogP contribution in [0.25, 0.3) is 0 Å². The number of halogens is 1. The van der Waals surface area contributed by atoms with Crippen molar-refractivity contribution < 1.29 is 4.79 Å². The molecule has 0 bridgehead atoms. The molecule has 132 valence electrons. The van der Waals surface area contributed by atoms with E-state index in [1.54, 1.807) is 0 Å². The van der Waals surface area contributed by atoms with Crippen molar-refractivity contribution in [1.82, 2.24) is 4.90 Å². The SMILES string of the molecule is CC1(C)CC(c2ccccc2)CN1C(=O)C(CN)c1ccccc1Cl. The van der Waals surface area contributed by atoms with Crippen molar-refractivity contribution in [3.05, 3.63) is 70.7 Å². The molecule has 1 aliphatic heterocycles. The van der Waals surface area contributed by atoms with E-state index in [0.29, 0.717) is 10.9 Å². The first-order valence-corrected chi connectivity index (χ1v) is 9.13. The lowest BCUT2D eigenvalue weighted by Crippen LogP contribution is -2.46. The molecule has 2 aromatic carbocycles. The predicted octanol–water partition coefficient (Wildman–Crippen LogP) is 4.18. The van der Waals surface area contributed by atoms with Gasteiger partial charge in [-0.1, -0.05) is 60.1 Å². The Morgan fingerprint density at radius 3 is 2.48 bits per heavy atom. The van der Waals surface area contributed by atoms with Gasteiger partial charge in [-0.05, 0) is 37.5 Å². The number of hydrogen-bond donors (Lipinski definition) is 1. The maximum absolute atomic E-state index is 13.3. The van der Waals surface area contributed by atoms with E-state index in [1.165, 1.54) is 5.56 Å². The van der Waals surface area contributed by atoms with Crippen LogP contribution in [-0.4, -0.2) is 29.4 Å². The average Bonchev–Trinajstić information content (AvgIpc) is 2.93. The van der Waals surface area contributed by atoms with E-state index >= 15 is 0 Å². The van der Waals surface area contributed by atoms with E-state index in [9.17, 15) is 4.79 Å². The van der Waals surface area contributed by atoms with Crippen LogP contribution in [-0.2, 0) is 4.79 Å². The normalized spacial score (nSPS) is 20.5. The van der Waals surface area contributed by atoms with Crippen molar-refractivity contribution in [2.24, 2.45) is 5.73 Å². The molecule has 3 rings (SSSR count). The van der Waals surface area contributed by atoms with Crippen LogP contribution in [0.2, 0.25) is 5.02 Å². The molecule has 1 fully saturated rings. The highest BCUT2D eigenvalue weighted by Crippen LogP contribution is 2.40. The zero-order valence-electron chi connectivity index (χ0n) is 14.8. The van der Waals surface area contributed by atoms with Gasteiger partial charge in [0, 0.05) is 29.6 Å². The number of hydrogen-bond acceptors (Lipinski definition) is 2. The molecule has 0 aromatic heterocycles. The van der Waals surface area contributed by atoms with Gasteiger partial charge in [0.2, 0.25) is 5.91 Å². The van der Waals surface area contributed by atoms with E-state index in [0.717, 1.165) is 18.5 Å². The summed E-state index contributed by atoms with van der Waals surface area (Å²) in [6.07, 6.45) is 0.947. The number of nitrogens with zero attached hydrogens (tertiary/aromatic N) is 1. The zero-order chi connectivity index (χ0) is 18.0. The highest BCUT2D eigenvalue weighted by atomic mass is 35.5. The van der Waals surface area contributed by atoms with Gasteiger partial charge in [0.15, 0.2) is 0 Å². The van der Waals surface area contributed by atoms with Gasteiger partial charge >= 0.3 is 0 Å². The van der Waals surface area contributed by atoms with Gasteiger partial charge in [0.05, 0.1) is 5.92 Å². The fourth-order valence-corrected chi connectivity index (χ4v) is 4.16. The van der Waals surface area contributed by atoms with Crippen molar-refractivity contribution in [3.63, 3.8) is 0 Å². The largest absolute Gasteiger partial charge is 0.336 e. The molecule has 2 unspecified atom stereocenters. The Bertz CT molecular complexity index is 745. The Hall–Kier alpha value is -1.84. The smallest absolute Gasteiger partial charge is 0.231 e. The Labute approximate surface area is 154 Å². The quantitative estimate of drug-likeness (QED) is 0.893. The van der Waals surface area contributed by atoms with E-state index in [4.69, 9.17) is 17.3 Å². The van der Waals surface area contributed by atoms with Crippen molar-refractivity contribution in [2.75, 3.05) is 13.1 Å². The minimum Gasteiger partial charge on any atom is -0.336 e. The Balaban J connectivity index is 1.86. The number of benzene rings is 2. The summed E-state index contributed by atoms with van der Waals surface area (Å²) in [5, 5.41) is 0.600. The standard InChI is InChI=1S/C21H25ClN2O/c1-21(2)12-16(15-8-4-3-5-9-15)14-24(21)20(25)18(13-23)17-10-6-7-11-19(17)22/h3-11,16,18H,12-14,23H2,1-2H3. The fraction of sp³-hybridized carbons (Fsp3) is 0.381. The summed E-state index contributed by atoms with van der Waals surface area (Å²) >= 11 is 6.32. The molecule has 25 heavy (non-hydrogen) atoms. The Kier molecular flexibility index (Phi) is 5.16. The van der Waals surface area contributed by atoms with Crippen LogP contribution in [0.3, 0.4) is 0 Å². The van der Waals surface area contributed by atoms with Gasteiger partial charge in [-0.15, -0.1) is 0 Å². The molecule has 1 saturated heterocycles. The molecule has 1 aliphatic rings. The van der Waals surface area contributed by atoms with Crippen molar-refractivity contribution in [3.8, 4) is 0 Å². The Morgan fingerprint density at radius 1 is 1.20 bits per heavy atom. The molecule has 2 aromatic rings. The van der Waals surface area contributed by atoms with Crippen LogP contribution in [0.15, 0.2) is 54.6 Å². The predicted molar refractivity (Wildman–Crippen MR) is 103 cm³/mol. The number of carbonyl (C=O) groups is 1. The van der Waals surface area contributed by atoms with Crippen molar-refractivity contribution in [1.29, 1.82) is 0 Å². The first kappa shape index (κ1) is 18.0. The second-order valence-electron chi connectivity index (χ2n) is 7.38. The van der Waals surface area contributed by atoms with Gasteiger partial charge in [0.1, 0.15) is 0 Å². The van der Waals surface area contributed by atoms with Crippen LogP contribution < -0.4 is 5.73 Å². The molecule has 3 nitrogen and oxygen atoms in total. The number of amides is 1. The summed E-state index contributed by atoms with van der Waals surface area (Å²) in [5.74, 6) is 0.0198. The molecule has 0 saturated carbocycles. The number of likely N-dealkylation sites (tertiary alicyclic amines) is 1. The fourth-order valence-electron chi connectivity index (χ4n) is 3.89. The van der Waals surface area contributed by atoms with Crippen LogP contribution in [0.1, 0.15) is 43.2 Å². The van der Waals surface area contributed by atoms with Gasteiger partial charge in [-0.25, -0.2) is 0 Å². The molecular formula is C21H25ClN2O. The van der Waals surface area contributed by atoms with Gasteiger partial charge < -0.3 is 10.6 Å². The number of rotatable bonds is 4. The van der Waals surface area contributed by atoms with Crippen molar-refractivity contribution >= 4 is 17.5 Å². The van der Waals surface area contributed by atoms with E-state index in [-0.39, 0.29) is 18.0 Å². The minimum absolute atomic E-state index is 0.0685. The summed E-state index contributed by atoms with van der Waals surface area (Å²) < 4.78 is 0. The third-order valence-corrected chi connectivity index (χ3v) is 5.58. The van der Waals surface area contributed by atoms with Gasteiger partial charge in [0.25, 0.3) is 0 Å². The van der Waals surface area contributed by atoms with Gasteiger partial charge in [-0.3, -0.25) is 4.79 Å². The lowest BCUT2D eigenvalue weighted by Gasteiger charge is -2.34. The van der Waals surface area contributed by atoms with E-state index in [2.05, 4.69) is 38.1 Å². The van der Waals surface area contributed by atoms with Crippen LogP contribution >= 0.6 is 11.6 Å². The summed E-state index contributed by atoms with van der Waals surface area (Å²) in [6, 6.07) is 17.9. The highest BCUT2D eigenvalue weighted by molar-refractivity contribution is 6.31. The molecule has 0 aliphatic carbocycles. The van der Waals surface area contributed by atoms with Gasteiger partial charge in [-0.2, -0.15) is 0 Å². The molecule has 0 spiro atoms. The summed E-state index contributed by atoms with van der Waals surface area (Å²) in [5.41, 5.74) is 7.87. The highest BCUT2D eigenvalue weighted by Gasteiger charge is 2.43. The third-order valence-electron chi connectivity index (χ3n) is 5.23. The monoisotopic (exact) mass is 356 g/mol. The van der Waals surface area contributed by atoms with Crippen LogP contribution in [0.4, 0.5) is 0 Å². The molecule has 2 N–H and O–H groups in total. The summed E-state index contributed by atoms with van der Waals surface area (Å²) in [6.45, 7) is 5.24. The number of carbonyl (C=O) groups excluding carboxylic acids is 1. The molecular weight excluding hydrogens is 332 g/mol. The third kappa shape index (κ3) is 3.58. The van der Waals surface area contributed by atoms with E-state index in [1.807, 2.05) is 35.2 Å². The lowest BCUT2D eigenvalue weighted by atomic mass is 9.91. The maximum atomic E-state index is 13.3. The maximum Gasteiger partial charge on any atom is 0.231 e.